The topological polar surface area (TPSA) is 114 Å². The van der Waals surface area contributed by atoms with Gasteiger partial charge in [-0.3, -0.25) is 18.4 Å². The Kier molecular flexibility index (Phi) is 4.96. The number of nitrogens with zero attached hydrogens (tertiary/aromatic N) is 2. The molecule has 0 atom stereocenters. The predicted octanol–water partition coefficient (Wildman–Crippen LogP) is 2.57. The number of hydrogen-bond donors (Lipinski definition) is 3. The maximum Gasteiger partial charge on any atom is 0.322 e. The van der Waals surface area contributed by atoms with Crippen LogP contribution >= 0.6 is 11.9 Å². The molecular formula is C21H17N3O5S. The summed E-state index contributed by atoms with van der Waals surface area (Å²) in [5.41, 5.74) is 0.287. The molecule has 0 saturated carbocycles. The Bertz CT molecular complexity index is 1370. The minimum absolute atomic E-state index is 0.319. The van der Waals surface area contributed by atoms with Gasteiger partial charge in [0.25, 0.3) is 11.5 Å². The number of benzene rings is 2. The highest BCUT2D eigenvalue weighted by molar-refractivity contribution is 7.98. The molecule has 152 valence electrons. The van der Waals surface area contributed by atoms with Gasteiger partial charge in [-0.1, -0.05) is 18.2 Å². The smallest absolute Gasteiger partial charge is 0.322 e. The molecule has 8 nitrogen and oxygen atoms in total. The first-order valence-corrected chi connectivity index (χ1v) is 9.74. The second kappa shape index (κ2) is 7.60. The van der Waals surface area contributed by atoms with Gasteiger partial charge in [-0.25, -0.2) is 0 Å². The Hall–Kier alpha value is -3.72. The van der Waals surface area contributed by atoms with Gasteiger partial charge in [0.05, 0.1) is 11.0 Å². The monoisotopic (exact) mass is 423 g/mol. The van der Waals surface area contributed by atoms with E-state index < -0.39 is 35.3 Å². The van der Waals surface area contributed by atoms with E-state index in [1.54, 1.807) is 12.1 Å². The molecule has 2 heterocycles. The minimum atomic E-state index is -1.25. The van der Waals surface area contributed by atoms with E-state index in [-0.39, 0.29) is 0 Å². The largest absolute Gasteiger partial charge is 0.506 e. The van der Waals surface area contributed by atoms with Crippen LogP contribution in [0.25, 0.3) is 21.8 Å². The summed E-state index contributed by atoms with van der Waals surface area (Å²) in [6, 6.07) is 15.1. The molecule has 0 fully saturated rings. The van der Waals surface area contributed by atoms with Gasteiger partial charge in [0, 0.05) is 28.9 Å². The summed E-state index contributed by atoms with van der Waals surface area (Å²) in [7, 11) is 1.49. The van der Waals surface area contributed by atoms with Gasteiger partial charge in [0.1, 0.15) is 17.9 Å². The first-order valence-electron chi connectivity index (χ1n) is 8.97. The van der Waals surface area contributed by atoms with E-state index in [2.05, 4.69) is 5.32 Å². The molecule has 0 unspecified atom stereocenters. The number of carbonyl (C=O) groups is 2. The van der Waals surface area contributed by atoms with Crippen molar-refractivity contribution in [2.45, 2.75) is 4.90 Å². The van der Waals surface area contributed by atoms with Crippen LogP contribution in [0.15, 0.2) is 64.4 Å². The number of aromatic hydroxyl groups is 1. The summed E-state index contributed by atoms with van der Waals surface area (Å²) in [5.74, 6) is -2.67. The lowest BCUT2D eigenvalue weighted by molar-refractivity contribution is -0.135. The summed E-state index contributed by atoms with van der Waals surface area (Å²) in [6.45, 7) is -0.657. The minimum Gasteiger partial charge on any atom is -0.506 e. The Morgan fingerprint density at radius 1 is 1.10 bits per heavy atom. The maximum atomic E-state index is 12.6. The van der Waals surface area contributed by atoms with Crippen LogP contribution in [0.1, 0.15) is 10.4 Å². The zero-order valence-corrected chi connectivity index (χ0v) is 16.6. The third kappa shape index (κ3) is 3.39. The molecule has 0 bridgehead atoms. The molecule has 30 heavy (non-hydrogen) atoms. The molecule has 0 spiro atoms. The summed E-state index contributed by atoms with van der Waals surface area (Å²) >= 11 is 1.43. The zero-order chi connectivity index (χ0) is 21.4. The van der Waals surface area contributed by atoms with Gasteiger partial charge in [-0.05, 0) is 42.3 Å². The second-order valence-electron chi connectivity index (χ2n) is 6.63. The average molecular weight is 423 g/mol. The fourth-order valence-electron chi connectivity index (χ4n) is 3.27. The molecule has 2 aromatic heterocycles. The van der Waals surface area contributed by atoms with Gasteiger partial charge in [0.2, 0.25) is 0 Å². The third-order valence-corrected chi connectivity index (χ3v) is 5.71. The van der Waals surface area contributed by atoms with Crippen molar-refractivity contribution in [3.05, 3.63) is 70.6 Å². The van der Waals surface area contributed by atoms with Crippen LogP contribution in [0.4, 0.5) is 0 Å². The number of carboxylic acids is 1. The molecule has 9 heteroatoms. The van der Waals surface area contributed by atoms with Gasteiger partial charge in [-0.15, -0.1) is 0 Å². The van der Waals surface area contributed by atoms with Gasteiger partial charge in [-0.2, -0.15) is 0 Å². The molecule has 3 N–H and O–H groups in total. The number of hydrogen-bond acceptors (Lipinski definition) is 5. The quantitative estimate of drug-likeness (QED) is 0.455. The molecule has 4 rings (SSSR count). The number of carbonyl (C=O) groups excluding carboxylic acids is 1. The van der Waals surface area contributed by atoms with E-state index in [1.807, 2.05) is 46.6 Å². The summed E-state index contributed by atoms with van der Waals surface area (Å²) in [6.07, 6.45) is 1.94. The number of aliphatic carboxylic acids is 1. The standard InChI is InChI=1S/C21H17N3O5S/c1-23-16-7-6-13(30-24-9-8-12-4-2-3-5-15(12)24)10-14(16)19(27)18(21(23)29)20(28)22-11-17(25)26/h2-10,27H,11H2,1H3,(H,22,28)(H,25,26). The van der Waals surface area contributed by atoms with Crippen molar-refractivity contribution in [3.63, 3.8) is 0 Å². The number of rotatable bonds is 5. The zero-order valence-electron chi connectivity index (χ0n) is 15.8. The SMILES string of the molecule is Cn1c(=O)c(C(=O)NCC(=O)O)c(O)c2cc(Sn3ccc4ccccc43)ccc21. The van der Waals surface area contributed by atoms with Crippen LogP contribution in [0, 0.1) is 0 Å². The van der Waals surface area contributed by atoms with Crippen LogP contribution in [0.2, 0.25) is 0 Å². The van der Waals surface area contributed by atoms with Crippen LogP contribution in [-0.4, -0.2) is 37.2 Å². The van der Waals surface area contributed by atoms with Gasteiger partial charge >= 0.3 is 5.97 Å². The summed E-state index contributed by atoms with van der Waals surface area (Å²) in [5, 5.41) is 22.9. The number of para-hydroxylation sites is 1. The first-order chi connectivity index (χ1) is 14.4. The number of aryl methyl sites for hydroxylation is 1. The fourth-order valence-corrected chi connectivity index (χ4v) is 4.18. The molecule has 1 amide bonds. The Morgan fingerprint density at radius 2 is 1.87 bits per heavy atom. The highest BCUT2D eigenvalue weighted by atomic mass is 32.2. The van der Waals surface area contributed by atoms with Crippen molar-refractivity contribution in [2.24, 2.45) is 7.05 Å². The Morgan fingerprint density at radius 3 is 2.63 bits per heavy atom. The lowest BCUT2D eigenvalue weighted by Crippen LogP contribution is -2.35. The first kappa shape index (κ1) is 19.6. The number of fused-ring (bicyclic) bond motifs is 2. The molecule has 4 aromatic rings. The van der Waals surface area contributed by atoms with Gasteiger partial charge in [0.15, 0.2) is 0 Å². The molecular weight excluding hydrogens is 406 g/mol. The van der Waals surface area contributed by atoms with Gasteiger partial charge < -0.3 is 20.1 Å². The number of nitrogens with one attached hydrogen (secondary N) is 1. The molecule has 0 aliphatic rings. The number of carboxylic acid groups (broad SMARTS) is 1. The number of amides is 1. The predicted molar refractivity (Wildman–Crippen MR) is 114 cm³/mol. The summed E-state index contributed by atoms with van der Waals surface area (Å²) in [4.78, 5) is 36.4. The second-order valence-corrected chi connectivity index (χ2v) is 7.68. The molecule has 0 aliphatic heterocycles. The van der Waals surface area contributed by atoms with Crippen molar-refractivity contribution in [3.8, 4) is 5.75 Å². The van der Waals surface area contributed by atoms with E-state index in [1.165, 1.54) is 23.6 Å². The number of pyridine rings is 1. The van der Waals surface area contributed by atoms with E-state index >= 15 is 0 Å². The van der Waals surface area contributed by atoms with Crippen molar-refractivity contribution in [1.82, 2.24) is 13.9 Å². The third-order valence-electron chi connectivity index (χ3n) is 4.73. The Balaban J connectivity index is 1.79. The maximum absolute atomic E-state index is 12.6. The van der Waals surface area contributed by atoms with Crippen molar-refractivity contribution >= 4 is 45.6 Å². The summed E-state index contributed by atoms with van der Waals surface area (Å²) < 4.78 is 3.24. The van der Waals surface area contributed by atoms with Crippen molar-refractivity contribution in [2.75, 3.05) is 6.54 Å². The number of aromatic nitrogens is 2. The van der Waals surface area contributed by atoms with E-state index in [0.717, 1.165) is 15.8 Å². The van der Waals surface area contributed by atoms with Crippen LogP contribution in [0.3, 0.4) is 0 Å². The van der Waals surface area contributed by atoms with Crippen LogP contribution in [0.5, 0.6) is 5.75 Å². The molecule has 0 aliphatic carbocycles. The molecule has 2 aromatic carbocycles. The average Bonchev–Trinajstić information content (AvgIpc) is 3.13. The van der Waals surface area contributed by atoms with E-state index in [9.17, 15) is 19.5 Å². The van der Waals surface area contributed by atoms with Crippen molar-refractivity contribution in [1.29, 1.82) is 0 Å². The normalized spacial score (nSPS) is 11.1. The van der Waals surface area contributed by atoms with Crippen LogP contribution < -0.4 is 10.9 Å². The Labute approximate surface area is 174 Å². The lowest BCUT2D eigenvalue weighted by atomic mass is 10.1. The van der Waals surface area contributed by atoms with E-state index in [0.29, 0.717) is 10.9 Å². The van der Waals surface area contributed by atoms with Crippen LogP contribution in [-0.2, 0) is 11.8 Å². The molecule has 0 saturated heterocycles. The lowest BCUT2D eigenvalue weighted by Gasteiger charge is -2.13. The highest BCUT2D eigenvalue weighted by Crippen LogP contribution is 2.32. The van der Waals surface area contributed by atoms with E-state index in [4.69, 9.17) is 5.11 Å². The fraction of sp³-hybridized carbons (Fsp3) is 0.0952. The molecule has 0 radical (unpaired) electrons. The van der Waals surface area contributed by atoms with Crippen molar-refractivity contribution < 1.29 is 19.8 Å². The highest BCUT2D eigenvalue weighted by Gasteiger charge is 2.22.